The number of nitrogens with zero attached hydrogens (tertiary/aromatic N) is 1. The Morgan fingerprint density at radius 3 is 2.29 bits per heavy atom. The molecule has 0 bridgehead atoms. The first-order chi connectivity index (χ1) is 6.74. The molecule has 0 heterocycles. The van der Waals surface area contributed by atoms with E-state index < -0.39 is 5.91 Å². The molecule has 1 aliphatic carbocycles. The van der Waals surface area contributed by atoms with Crippen LogP contribution in [-0.2, 0) is 9.59 Å². The fourth-order valence-corrected chi connectivity index (χ4v) is 2.82. The van der Waals surface area contributed by atoms with Gasteiger partial charge in [0.15, 0.2) is 0 Å². The predicted octanol–water partition coefficient (Wildman–Crippen LogP) is 2.20. The fraction of sp³-hybridized carbons (Fsp3) is 0.556. The highest BCUT2D eigenvalue weighted by Crippen LogP contribution is 2.43. The quantitative estimate of drug-likeness (QED) is 0.421. The molecule has 3 nitrogen and oxygen atoms in total. The average molecular weight is 229 g/mol. The molecule has 0 saturated heterocycles. The van der Waals surface area contributed by atoms with Crippen molar-refractivity contribution in [3.8, 4) is 0 Å². The summed E-state index contributed by atoms with van der Waals surface area (Å²) in [5.41, 5.74) is 0.702. The third-order valence-electron chi connectivity index (χ3n) is 1.95. The normalized spacial score (nSPS) is 14.4. The molecule has 0 aromatic heterocycles. The zero-order valence-corrected chi connectivity index (χ0v) is 9.70. The van der Waals surface area contributed by atoms with E-state index in [2.05, 4.69) is 4.99 Å². The Hall–Kier alpha value is -0.510. The summed E-state index contributed by atoms with van der Waals surface area (Å²) in [4.78, 5) is 24.7. The van der Waals surface area contributed by atoms with Crippen molar-refractivity contribution in [2.45, 2.75) is 12.8 Å². The molecule has 0 aliphatic heterocycles. The van der Waals surface area contributed by atoms with Crippen LogP contribution in [0.4, 0.5) is 0 Å². The molecule has 0 unspecified atom stereocenters. The minimum Gasteiger partial charge on any atom is -0.266 e. The predicted molar refractivity (Wildman–Crippen MR) is 59.9 cm³/mol. The molecule has 0 spiro atoms. The Morgan fingerprint density at radius 2 is 1.93 bits per heavy atom. The summed E-state index contributed by atoms with van der Waals surface area (Å²) in [6.45, 7) is 0. The van der Waals surface area contributed by atoms with E-state index in [0.29, 0.717) is 11.5 Å². The van der Waals surface area contributed by atoms with E-state index in [1.807, 2.05) is 12.5 Å². The standard InChI is InChI=1S/C9H11NO2S2/c1-13-9(14-2)7(6-3-4-6)8(12)10-5-11/h6H,3-4H2,1-2H3. The lowest BCUT2D eigenvalue weighted by molar-refractivity contribution is -0.114. The van der Waals surface area contributed by atoms with Gasteiger partial charge in [0.1, 0.15) is 0 Å². The summed E-state index contributed by atoms with van der Waals surface area (Å²) in [5, 5.41) is 0. The van der Waals surface area contributed by atoms with Gasteiger partial charge >= 0.3 is 0 Å². The van der Waals surface area contributed by atoms with Crippen LogP contribution in [0, 0.1) is 5.92 Å². The van der Waals surface area contributed by atoms with Gasteiger partial charge in [0.25, 0.3) is 5.91 Å². The van der Waals surface area contributed by atoms with E-state index in [4.69, 9.17) is 0 Å². The zero-order chi connectivity index (χ0) is 10.6. The van der Waals surface area contributed by atoms with E-state index >= 15 is 0 Å². The number of rotatable bonds is 4. The van der Waals surface area contributed by atoms with Crippen LogP contribution in [0.2, 0.25) is 0 Å². The van der Waals surface area contributed by atoms with Crippen molar-refractivity contribution >= 4 is 35.5 Å². The van der Waals surface area contributed by atoms with Crippen molar-refractivity contribution in [3.05, 3.63) is 9.81 Å². The summed E-state index contributed by atoms with van der Waals surface area (Å²) < 4.78 is 0.969. The summed E-state index contributed by atoms with van der Waals surface area (Å²) in [7, 11) is 0. The Bertz CT molecular complexity index is 309. The molecule has 1 rings (SSSR count). The molecule has 0 atom stereocenters. The van der Waals surface area contributed by atoms with Crippen molar-refractivity contribution < 1.29 is 9.59 Å². The molecule has 5 heteroatoms. The number of hydrogen-bond donors (Lipinski definition) is 0. The number of carbonyl (C=O) groups excluding carboxylic acids is 2. The van der Waals surface area contributed by atoms with Crippen LogP contribution >= 0.6 is 23.5 Å². The maximum atomic E-state index is 11.5. The highest BCUT2D eigenvalue weighted by atomic mass is 32.2. The summed E-state index contributed by atoms with van der Waals surface area (Å²) >= 11 is 3.06. The molecule has 1 aliphatic rings. The second-order valence-electron chi connectivity index (χ2n) is 2.89. The number of thioether (sulfide) groups is 2. The van der Waals surface area contributed by atoms with E-state index in [9.17, 15) is 9.59 Å². The van der Waals surface area contributed by atoms with Gasteiger partial charge in [0.2, 0.25) is 6.08 Å². The van der Waals surface area contributed by atoms with Gasteiger partial charge in [0, 0.05) is 9.81 Å². The van der Waals surface area contributed by atoms with Gasteiger partial charge < -0.3 is 0 Å². The van der Waals surface area contributed by atoms with Crippen LogP contribution in [0.3, 0.4) is 0 Å². The lowest BCUT2D eigenvalue weighted by Crippen LogP contribution is -2.02. The average Bonchev–Trinajstić information content (AvgIpc) is 2.97. The maximum absolute atomic E-state index is 11.5. The molecular weight excluding hydrogens is 218 g/mol. The third kappa shape index (κ3) is 2.74. The van der Waals surface area contributed by atoms with Gasteiger partial charge in [-0.05, 0) is 31.3 Å². The Kier molecular flexibility index (Phi) is 4.45. The molecule has 1 fully saturated rings. The van der Waals surface area contributed by atoms with Crippen LogP contribution in [-0.4, -0.2) is 24.5 Å². The summed E-state index contributed by atoms with van der Waals surface area (Å²) in [6, 6.07) is 0. The number of aliphatic imine (C=N–C) groups is 1. The highest BCUT2D eigenvalue weighted by molar-refractivity contribution is 8.21. The van der Waals surface area contributed by atoms with Gasteiger partial charge in [-0.1, -0.05) is 0 Å². The first-order valence-electron chi connectivity index (χ1n) is 4.19. The summed E-state index contributed by atoms with van der Waals surface area (Å²) in [5.74, 6) is -0.101. The molecule has 1 amide bonds. The van der Waals surface area contributed by atoms with Crippen LogP contribution in [0.5, 0.6) is 0 Å². The van der Waals surface area contributed by atoms with Crippen molar-refractivity contribution in [1.29, 1.82) is 0 Å². The van der Waals surface area contributed by atoms with E-state index in [1.165, 1.54) is 29.6 Å². The maximum Gasteiger partial charge on any atom is 0.285 e. The van der Waals surface area contributed by atoms with Gasteiger partial charge in [0.05, 0.1) is 0 Å². The molecule has 1 saturated carbocycles. The molecule has 0 radical (unpaired) electrons. The van der Waals surface area contributed by atoms with Crippen molar-refractivity contribution in [1.82, 2.24) is 0 Å². The Labute approximate surface area is 91.4 Å². The van der Waals surface area contributed by atoms with Crippen molar-refractivity contribution in [2.24, 2.45) is 10.9 Å². The van der Waals surface area contributed by atoms with Crippen LogP contribution in [0.15, 0.2) is 14.8 Å². The molecule has 0 aromatic rings. The number of carbonyl (C=O) groups is 1. The Balaban J connectivity index is 2.97. The minimum atomic E-state index is -0.416. The number of hydrogen-bond acceptors (Lipinski definition) is 4. The smallest absolute Gasteiger partial charge is 0.266 e. The summed E-state index contributed by atoms with van der Waals surface area (Å²) in [6.07, 6.45) is 7.21. The number of amides is 1. The van der Waals surface area contributed by atoms with Crippen LogP contribution in [0.1, 0.15) is 12.8 Å². The fourth-order valence-electron chi connectivity index (χ4n) is 1.21. The number of isocyanates is 1. The van der Waals surface area contributed by atoms with Crippen molar-refractivity contribution in [3.63, 3.8) is 0 Å². The molecule has 0 aromatic carbocycles. The first kappa shape index (κ1) is 11.6. The monoisotopic (exact) mass is 229 g/mol. The molecule has 14 heavy (non-hydrogen) atoms. The molecule has 0 N–H and O–H groups in total. The lowest BCUT2D eigenvalue weighted by atomic mass is 10.2. The molecule has 76 valence electrons. The van der Waals surface area contributed by atoms with Crippen molar-refractivity contribution in [2.75, 3.05) is 12.5 Å². The van der Waals surface area contributed by atoms with Gasteiger partial charge in [-0.25, -0.2) is 4.79 Å². The van der Waals surface area contributed by atoms with Crippen LogP contribution < -0.4 is 0 Å². The Morgan fingerprint density at radius 1 is 1.36 bits per heavy atom. The zero-order valence-electron chi connectivity index (χ0n) is 8.07. The highest BCUT2D eigenvalue weighted by Gasteiger charge is 2.32. The topological polar surface area (TPSA) is 46.5 Å². The van der Waals surface area contributed by atoms with Crippen LogP contribution in [0.25, 0.3) is 0 Å². The third-order valence-corrected chi connectivity index (χ3v) is 4.14. The second-order valence-corrected chi connectivity index (χ2v) is 4.78. The van der Waals surface area contributed by atoms with Gasteiger partial charge in [-0.2, -0.15) is 0 Å². The largest absolute Gasteiger partial charge is 0.285 e. The van der Waals surface area contributed by atoms with E-state index in [-0.39, 0.29) is 0 Å². The van der Waals surface area contributed by atoms with E-state index in [0.717, 1.165) is 17.1 Å². The minimum absolute atomic E-state index is 0.314. The molecular formula is C9H11NO2S2. The second kappa shape index (κ2) is 5.39. The van der Waals surface area contributed by atoms with E-state index in [1.54, 1.807) is 0 Å². The van der Waals surface area contributed by atoms with Gasteiger partial charge in [-0.3, -0.25) is 4.79 Å². The van der Waals surface area contributed by atoms with Gasteiger partial charge in [-0.15, -0.1) is 28.5 Å². The first-order valence-corrected chi connectivity index (χ1v) is 6.63. The SMILES string of the molecule is CSC(SC)=C(C(=O)N=C=O)C1CC1. The lowest BCUT2D eigenvalue weighted by Gasteiger charge is -2.05.